The molecule has 0 N–H and O–H groups in total. The highest BCUT2D eigenvalue weighted by molar-refractivity contribution is 7.99. The average Bonchev–Trinajstić information content (AvgIpc) is 3.13. The molecule has 1 atom stereocenters. The first-order valence-electron chi connectivity index (χ1n) is 9.11. The average molecular weight is 397 g/mol. The third-order valence-corrected chi connectivity index (χ3v) is 6.55. The van der Waals surface area contributed by atoms with Gasteiger partial charge in [0.05, 0.1) is 0 Å². The van der Waals surface area contributed by atoms with Gasteiger partial charge < -0.3 is 9.47 Å². The van der Waals surface area contributed by atoms with Crippen LogP contribution in [0.15, 0.2) is 73.1 Å². The zero-order chi connectivity index (χ0) is 18.6. The van der Waals surface area contributed by atoms with E-state index in [4.69, 9.17) is 11.6 Å². The third kappa shape index (κ3) is 4.07. The second kappa shape index (κ2) is 8.24. The first-order valence-corrected chi connectivity index (χ1v) is 10.5. The Bertz CT molecular complexity index is 908. The van der Waals surface area contributed by atoms with Gasteiger partial charge in [0.15, 0.2) is 0 Å². The molecule has 3 nitrogen and oxygen atoms in total. The molecule has 1 aliphatic heterocycles. The molecule has 0 aliphatic carbocycles. The standard InChI is InChI=1S/C22H21ClN2OS/c23-20-6-2-1-5-19(20)21-11-14-25(15-16-27-21)22(26)17-7-9-18(10-8-17)24-12-3-4-13-24/h1-10,12-13,21H,11,14-16H2. The van der Waals surface area contributed by atoms with E-state index in [-0.39, 0.29) is 5.91 Å². The number of amides is 1. The number of carbonyl (C=O) groups is 1. The van der Waals surface area contributed by atoms with Crippen molar-refractivity contribution in [2.45, 2.75) is 11.7 Å². The maximum Gasteiger partial charge on any atom is 0.253 e. The van der Waals surface area contributed by atoms with Gasteiger partial charge in [-0.25, -0.2) is 0 Å². The van der Waals surface area contributed by atoms with E-state index in [1.165, 1.54) is 5.56 Å². The van der Waals surface area contributed by atoms with Crippen molar-refractivity contribution in [1.82, 2.24) is 9.47 Å². The van der Waals surface area contributed by atoms with Gasteiger partial charge in [-0.2, -0.15) is 11.8 Å². The predicted molar refractivity (Wildman–Crippen MR) is 113 cm³/mol. The Kier molecular flexibility index (Phi) is 5.55. The van der Waals surface area contributed by atoms with E-state index in [2.05, 4.69) is 6.07 Å². The number of benzene rings is 2. The van der Waals surface area contributed by atoms with Crippen LogP contribution in [0.25, 0.3) is 5.69 Å². The summed E-state index contributed by atoms with van der Waals surface area (Å²) in [5.74, 6) is 1.03. The highest BCUT2D eigenvalue weighted by Gasteiger charge is 2.24. The molecule has 0 spiro atoms. The maximum atomic E-state index is 12.9. The van der Waals surface area contributed by atoms with E-state index < -0.39 is 0 Å². The molecule has 27 heavy (non-hydrogen) atoms. The summed E-state index contributed by atoms with van der Waals surface area (Å²) in [6.07, 6.45) is 4.91. The smallest absolute Gasteiger partial charge is 0.253 e. The molecule has 0 radical (unpaired) electrons. The minimum atomic E-state index is 0.106. The van der Waals surface area contributed by atoms with Crippen LogP contribution in [0.4, 0.5) is 0 Å². The summed E-state index contributed by atoms with van der Waals surface area (Å²) in [6.45, 7) is 1.52. The highest BCUT2D eigenvalue weighted by atomic mass is 35.5. The van der Waals surface area contributed by atoms with Gasteiger partial charge >= 0.3 is 0 Å². The summed E-state index contributed by atoms with van der Waals surface area (Å²) >= 11 is 8.25. The SMILES string of the molecule is O=C(c1ccc(-n2cccc2)cc1)N1CCSC(c2ccccc2Cl)CC1. The number of thioether (sulfide) groups is 1. The zero-order valence-corrected chi connectivity index (χ0v) is 16.5. The fraction of sp³-hybridized carbons (Fsp3) is 0.227. The quantitative estimate of drug-likeness (QED) is 0.588. The van der Waals surface area contributed by atoms with Crippen molar-refractivity contribution in [3.63, 3.8) is 0 Å². The van der Waals surface area contributed by atoms with E-state index in [9.17, 15) is 4.79 Å². The fourth-order valence-corrected chi connectivity index (χ4v) is 5.02. The lowest BCUT2D eigenvalue weighted by Crippen LogP contribution is -2.32. The molecule has 0 bridgehead atoms. The van der Waals surface area contributed by atoms with Gasteiger partial charge in [0.1, 0.15) is 0 Å². The Balaban J connectivity index is 1.44. The van der Waals surface area contributed by atoms with Gasteiger partial charge in [-0.05, 0) is 54.4 Å². The van der Waals surface area contributed by atoms with Gasteiger partial charge in [0.2, 0.25) is 0 Å². The summed E-state index contributed by atoms with van der Waals surface area (Å²) in [4.78, 5) is 14.9. The summed E-state index contributed by atoms with van der Waals surface area (Å²) in [7, 11) is 0. The lowest BCUT2D eigenvalue weighted by Gasteiger charge is -2.21. The molecule has 1 aromatic heterocycles. The Hall–Kier alpha value is -2.17. The third-order valence-electron chi connectivity index (χ3n) is 4.90. The summed E-state index contributed by atoms with van der Waals surface area (Å²) < 4.78 is 2.03. The zero-order valence-electron chi connectivity index (χ0n) is 14.9. The lowest BCUT2D eigenvalue weighted by atomic mass is 10.1. The molecule has 138 valence electrons. The Morgan fingerprint density at radius 2 is 1.70 bits per heavy atom. The van der Waals surface area contributed by atoms with E-state index in [1.54, 1.807) is 0 Å². The first kappa shape index (κ1) is 18.2. The van der Waals surface area contributed by atoms with Crippen molar-refractivity contribution in [3.8, 4) is 5.69 Å². The molecule has 4 rings (SSSR count). The molecule has 0 saturated carbocycles. The lowest BCUT2D eigenvalue weighted by molar-refractivity contribution is 0.0766. The molecule has 2 heterocycles. The highest BCUT2D eigenvalue weighted by Crippen LogP contribution is 2.37. The van der Waals surface area contributed by atoms with Crippen molar-refractivity contribution in [2.24, 2.45) is 0 Å². The minimum absolute atomic E-state index is 0.106. The van der Waals surface area contributed by atoms with Crippen molar-refractivity contribution >= 4 is 29.3 Å². The molecule has 1 aliphatic rings. The number of hydrogen-bond donors (Lipinski definition) is 0. The second-order valence-electron chi connectivity index (χ2n) is 6.60. The van der Waals surface area contributed by atoms with Crippen LogP contribution in [-0.2, 0) is 0 Å². The van der Waals surface area contributed by atoms with Crippen LogP contribution in [-0.4, -0.2) is 34.2 Å². The van der Waals surface area contributed by atoms with E-state index in [0.717, 1.165) is 41.5 Å². The van der Waals surface area contributed by atoms with E-state index in [0.29, 0.717) is 5.25 Å². The van der Waals surface area contributed by atoms with Crippen LogP contribution >= 0.6 is 23.4 Å². The molecular weight excluding hydrogens is 376 g/mol. The molecule has 1 amide bonds. The predicted octanol–water partition coefficient (Wildman–Crippen LogP) is 5.45. The van der Waals surface area contributed by atoms with Gasteiger partial charge in [0, 0.05) is 52.8 Å². The molecule has 1 fully saturated rings. The number of rotatable bonds is 3. The number of aromatic nitrogens is 1. The van der Waals surface area contributed by atoms with Crippen LogP contribution in [0.2, 0.25) is 5.02 Å². The van der Waals surface area contributed by atoms with Crippen molar-refractivity contribution < 1.29 is 4.79 Å². The monoisotopic (exact) mass is 396 g/mol. The largest absolute Gasteiger partial charge is 0.338 e. The van der Waals surface area contributed by atoms with Gasteiger partial charge in [-0.1, -0.05) is 29.8 Å². The second-order valence-corrected chi connectivity index (χ2v) is 8.32. The topological polar surface area (TPSA) is 25.2 Å². The van der Waals surface area contributed by atoms with Gasteiger partial charge in [0.25, 0.3) is 5.91 Å². The molecule has 1 saturated heterocycles. The molecule has 5 heteroatoms. The Labute approximate surface area is 168 Å². The van der Waals surface area contributed by atoms with Crippen molar-refractivity contribution in [3.05, 3.63) is 89.2 Å². The van der Waals surface area contributed by atoms with E-state index in [1.807, 2.05) is 88.2 Å². The van der Waals surface area contributed by atoms with Crippen LogP contribution in [0.3, 0.4) is 0 Å². The fourth-order valence-electron chi connectivity index (χ4n) is 3.42. The number of hydrogen-bond acceptors (Lipinski definition) is 2. The minimum Gasteiger partial charge on any atom is -0.338 e. The number of nitrogens with zero attached hydrogens (tertiary/aromatic N) is 2. The Morgan fingerprint density at radius 3 is 2.44 bits per heavy atom. The summed E-state index contributed by atoms with van der Waals surface area (Å²) in [6, 6.07) is 19.8. The molecule has 3 aromatic rings. The van der Waals surface area contributed by atoms with Gasteiger partial charge in [-0.15, -0.1) is 0 Å². The van der Waals surface area contributed by atoms with Crippen molar-refractivity contribution in [1.29, 1.82) is 0 Å². The normalized spacial score (nSPS) is 17.5. The van der Waals surface area contributed by atoms with Crippen LogP contribution in [0.5, 0.6) is 0 Å². The van der Waals surface area contributed by atoms with Crippen LogP contribution < -0.4 is 0 Å². The number of halogens is 1. The molecular formula is C22H21ClN2OS. The van der Waals surface area contributed by atoms with Crippen LogP contribution in [0.1, 0.15) is 27.6 Å². The molecule has 1 unspecified atom stereocenters. The number of carbonyl (C=O) groups excluding carboxylic acids is 1. The Morgan fingerprint density at radius 1 is 0.963 bits per heavy atom. The van der Waals surface area contributed by atoms with Crippen molar-refractivity contribution in [2.75, 3.05) is 18.8 Å². The van der Waals surface area contributed by atoms with Gasteiger partial charge in [-0.3, -0.25) is 4.79 Å². The van der Waals surface area contributed by atoms with Crippen LogP contribution in [0, 0.1) is 0 Å². The summed E-state index contributed by atoms with van der Waals surface area (Å²) in [5, 5.41) is 1.16. The molecule has 2 aromatic carbocycles. The first-order chi connectivity index (χ1) is 13.2. The van der Waals surface area contributed by atoms with E-state index >= 15 is 0 Å². The maximum absolute atomic E-state index is 12.9. The summed E-state index contributed by atoms with van der Waals surface area (Å²) in [5.41, 5.74) is 2.98.